The third kappa shape index (κ3) is 5.51. The average Bonchev–Trinajstić information content (AvgIpc) is 3.20. The molecule has 1 aromatic carbocycles. The van der Waals surface area contributed by atoms with Crippen LogP contribution in [-0.2, 0) is 11.2 Å². The van der Waals surface area contributed by atoms with Crippen molar-refractivity contribution in [3.8, 4) is 5.75 Å². The van der Waals surface area contributed by atoms with E-state index in [1.54, 1.807) is 6.07 Å². The number of fused-ring (bicyclic) bond motifs is 5. The van der Waals surface area contributed by atoms with Gasteiger partial charge in [0.25, 0.3) is 0 Å². The summed E-state index contributed by atoms with van der Waals surface area (Å²) >= 11 is 0. The molecule has 0 bridgehead atoms. The van der Waals surface area contributed by atoms with E-state index in [0.29, 0.717) is 30.6 Å². The van der Waals surface area contributed by atoms with E-state index in [4.69, 9.17) is 0 Å². The highest BCUT2D eigenvalue weighted by atomic mass is 19.1. The fraction of sp³-hybridized carbons (Fsp3) is 0.788. The Balaban J connectivity index is 1.23. The van der Waals surface area contributed by atoms with Crippen LogP contribution in [0, 0.1) is 29.1 Å². The van der Waals surface area contributed by atoms with Gasteiger partial charge in [-0.05, 0) is 104 Å². The third-order valence-corrected chi connectivity index (χ3v) is 11.1. The Morgan fingerprint density at radius 3 is 2.66 bits per heavy atom. The standard InChI is InChI=1S/C33H50FNO3/c1-3-30(38)35(21-22-10-6-4-7-11-22)17-9-5-8-12-23-18-24-19-25(36)13-14-26(24)32-28(34)20-33(2)27(31(23)32)15-16-29(33)37/h13-14,19,22-23,27-29,31-32,36-37H,3-12,15-18,20-21H2,1-2H3/t23-,27?,28+,29+,31?,32?,33+/m1/s1. The second-order valence-corrected chi connectivity index (χ2v) is 13.4. The number of nitrogens with zero attached hydrogens (tertiary/aromatic N) is 1. The van der Waals surface area contributed by atoms with E-state index < -0.39 is 12.3 Å². The molecule has 1 amide bonds. The summed E-state index contributed by atoms with van der Waals surface area (Å²) in [6, 6.07) is 5.55. The van der Waals surface area contributed by atoms with E-state index in [0.717, 1.165) is 69.2 Å². The number of aliphatic hydroxyl groups excluding tert-OH is 1. The van der Waals surface area contributed by atoms with Gasteiger partial charge in [-0.15, -0.1) is 0 Å². The first kappa shape index (κ1) is 27.9. The topological polar surface area (TPSA) is 60.8 Å². The minimum absolute atomic E-state index is 0.124. The lowest BCUT2D eigenvalue weighted by Gasteiger charge is -2.54. The number of aromatic hydroxyl groups is 1. The summed E-state index contributed by atoms with van der Waals surface area (Å²) in [6.45, 7) is 5.89. The lowest BCUT2D eigenvalue weighted by molar-refractivity contribution is -0.131. The summed E-state index contributed by atoms with van der Waals surface area (Å²) < 4.78 is 16.0. The summed E-state index contributed by atoms with van der Waals surface area (Å²) in [5.74, 6) is 2.09. The molecular weight excluding hydrogens is 477 g/mol. The van der Waals surface area contributed by atoms with Crippen molar-refractivity contribution in [1.82, 2.24) is 4.90 Å². The summed E-state index contributed by atoms with van der Waals surface area (Å²) in [5, 5.41) is 21.0. The van der Waals surface area contributed by atoms with Crippen molar-refractivity contribution in [2.24, 2.45) is 29.1 Å². The molecule has 1 aromatic rings. The zero-order valence-electron chi connectivity index (χ0n) is 23.7. The molecule has 5 rings (SSSR count). The molecule has 4 aliphatic carbocycles. The highest BCUT2D eigenvalue weighted by Gasteiger charge is 2.59. The molecule has 5 heteroatoms. The number of hydrogen-bond acceptors (Lipinski definition) is 3. The minimum atomic E-state index is -0.950. The Morgan fingerprint density at radius 1 is 1.11 bits per heavy atom. The van der Waals surface area contributed by atoms with Crippen molar-refractivity contribution in [2.45, 2.75) is 122 Å². The average molecular weight is 528 g/mol. The van der Waals surface area contributed by atoms with Crippen LogP contribution in [0.1, 0.15) is 114 Å². The number of halogens is 1. The predicted molar refractivity (Wildman–Crippen MR) is 150 cm³/mol. The number of carbonyl (C=O) groups is 1. The molecule has 0 saturated heterocycles. The number of aliphatic hydroxyl groups is 1. The Bertz CT molecular complexity index is 962. The fourth-order valence-corrected chi connectivity index (χ4v) is 9.14. The lowest BCUT2D eigenvalue weighted by Crippen LogP contribution is -2.51. The van der Waals surface area contributed by atoms with Gasteiger partial charge in [0.15, 0.2) is 0 Å². The molecule has 4 nitrogen and oxygen atoms in total. The zero-order chi connectivity index (χ0) is 26.9. The molecule has 3 saturated carbocycles. The van der Waals surface area contributed by atoms with E-state index in [2.05, 4.69) is 11.8 Å². The molecular formula is C33H50FNO3. The van der Waals surface area contributed by atoms with Crippen molar-refractivity contribution < 1.29 is 19.4 Å². The number of benzene rings is 1. The number of unbranched alkanes of at least 4 members (excludes halogenated alkanes) is 2. The Morgan fingerprint density at radius 2 is 1.89 bits per heavy atom. The third-order valence-electron chi connectivity index (χ3n) is 11.1. The fourth-order valence-electron chi connectivity index (χ4n) is 9.14. The summed E-state index contributed by atoms with van der Waals surface area (Å²) in [4.78, 5) is 14.8. The SMILES string of the molecule is CCC(=O)N(CCCCC[C@@H]1Cc2cc(O)ccc2C2C1C1CC[C@H](O)[C@@]1(C)C[C@@H]2F)CC1CCCCC1. The van der Waals surface area contributed by atoms with E-state index in [-0.39, 0.29) is 28.9 Å². The number of rotatable bonds is 9. The van der Waals surface area contributed by atoms with Crippen LogP contribution in [0.5, 0.6) is 5.75 Å². The molecule has 2 N–H and O–H groups in total. The van der Waals surface area contributed by atoms with Crippen LogP contribution in [0.2, 0.25) is 0 Å². The van der Waals surface area contributed by atoms with Gasteiger partial charge in [-0.1, -0.05) is 52.0 Å². The second-order valence-electron chi connectivity index (χ2n) is 13.4. The maximum Gasteiger partial charge on any atom is 0.222 e. The van der Waals surface area contributed by atoms with E-state index in [9.17, 15) is 15.0 Å². The Hall–Kier alpha value is -1.62. The monoisotopic (exact) mass is 527 g/mol. The lowest BCUT2D eigenvalue weighted by atomic mass is 9.51. The molecule has 4 aliphatic rings. The smallest absolute Gasteiger partial charge is 0.222 e. The van der Waals surface area contributed by atoms with Gasteiger partial charge in [0.1, 0.15) is 11.9 Å². The van der Waals surface area contributed by atoms with Crippen LogP contribution in [0.3, 0.4) is 0 Å². The highest BCUT2D eigenvalue weighted by Crippen LogP contribution is 2.63. The summed E-state index contributed by atoms with van der Waals surface area (Å²) in [6.07, 6.45) is 13.1. The molecule has 3 fully saturated rings. The number of hydrogen-bond donors (Lipinski definition) is 2. The maximum absolute atomic E-state index is 16.0. The molecule has 7 atom stereocenters. The van der Waals surface area contributed by atoms with Gasteiger partial charge in [0, 0.05) is 25.4 Å². The van der Waals surface area contributed by atoms with Crippen molar-refractivity contribution in [3.63, 3.8) is 0 Å². The summed E-state index contributed by atoms with van der Waals surface area (Å²) in [5.41, 5.74) is 1.89. The highest BCUT2D eigenvalue weighted by molar-refractivity contribution is 5.75. The van der Waals surface area contributed by atoms with Crippen LogP contribution < -0.4 is 0 Å². The number of amides is 1. The molecule has 0 heterocycles. The molecule has 0 aromatic heterocycles. The first-order chi connectivity index (χ1) is 18.3. The van der Waals surface area contributed by atoms with Gasteiger partial charge in [-0.25, -0.2) is 4.39 Å². The number of carbonyl (C=O) groups excluding carboxylic acids is 1. The number of alkyl halides is 1. The molecule has 38 heavy (non-hydrogen) atoms. The largest absolute Gasteiger partial charge is 0.508 e. The van der Waals surface area contributed by atoms with E-state index in [1.165, 1.54) is 32.1 Å². The Kier molecular flexibility index (Phi) is 8.72. The van der Waals surface area contributed by atoms with E-state index >= 15 is 4.39 Å². The van der Waals surface area contributed by atoms with Gasteiger partial charge >= 0.3 is 0 Å². The number of phenols is 1. The summed E-state index contributed by atoms with van der Waals surface area (Å²) in [7, 11) is 0. The van der Waals surface area contributed by atoms with Crippen molar-refractivity contribution in [2.75, 3.05) is 13.1 Å². The van der Waals surface area contributed by atoms with Crippen LogP contribution in [0.25, 0.3) is 0 Å². The zero-order valence-corrected chi connectivity index (χ0v) is 23.7. The van der Waals surface area contributed by atoms with Crippen LogP contribution >= 0.6 is 0 Å². The quantitative estimate of drug-likeness (QED) is 0.335. The van der Waals surface area contributed by atoms with Gasteiger partial charge in [-0.2, -0.15) is 0 Å². The minimum Gasteiger partial charge on any atom is -0.508 e. The van der Waals surface area contributed by atoms with Crippen LogP contribution in [-0.4, -0.2) is 46.4 Å². The van der Waals surface area contributed by atoms with Gasteiger partial charge in [-0.3, -0.25) is 4.79 Å². The molecule has 0 spiro atoms. The van der Waals surface area contributed by atoms with Gasteiger partial charge < -0.3 is 15.1 Å². The van der Waals surface area contributed by atoms with Gasteiger partial charge in [0.2, 0.25) is 5.91 Å². The molecule has 212 valence electrons. The molecule has 0 radical (unpaired) electrons. The first-order valence-corrected chi connectivity index (χ1v) is 15.7. The normalized spacial score (nSPS) is 34.8. The van der Waals surface area contributed by atoms with Crippen molar-refractivity contribution in [3.05, 3.63) is 29.3 Å². The second kappa shape index (κ2) is 11.9. The van der Waals surface area contributed by atoms with Crippen LogP contribution in [0.4, 0.5) is 4.39 Å². The van der Waals surface area contributed by atoms with Crippen LogP contribution in [0.15, 0.2) is 18.2 Å². The first-order valence-electron chi connectivity index (χ1n) is 15.7. The Labute approximate surface area is 229 Å². The molecule has 0 aliphatic heterocycles. The maximum atomic E-state index is 16.0. The predicted octanol–water partition coefficient (Wildman–Crippen LogP) is 7.16. The molecule has 3 unspecified atom stereocenters. The van der Waals surface area contributed by atoms with E-state index in [1.807, 2.05) is 19.1 Å². The number of phenolic OH excluding ortho intramolecular Hbond substituents is 1. The van der Waals surface area contributed by atoms with Crippen molar-refractivity contribution in [1.29, 1.82) is 0 Å². The van der Waals surface area contributed by atoms with Gasteiger partial charge in [0.05, 0.1) is 6.10 Å². The van der Waals surface area contributed by atoms with Crippen molar-refractivity contribution >= 4 is 5.91 Å².